The van der Waals surface area contributed by atoms with Crippen LogP contribution in [0.15, 0.2) is 23.8 Å². The molecular formula is C12H14N4OS2. The van der Waals surface area contributed by atoms with Crippen LogP contribution in [0.4, 0.5) is 0 Å². The molecule has 7 heteroatoms. The van der Waals surface area contributed by atoms with Crippen LogP contribution < -0.4 is 0 Å². The van der Waals surface area contributed by atoms with Crippen molar-refractivity contribution >= 4 is 29.0 Å². The van der Waals surface area contributed by atoms with Gasteiger partial charge in [0.25, 0.3) is 5.91 Å². The van der Waals surface area contributed by atoms with E-state index in [1.165, 1.54) is 11.2 Å². The second kappa shape index (κ2) is 5.75. The van der Waals surface area contributed by atoms with Gasteiger partial charge in [0.2, 0.25) is 5.82 Å². The van der Waals surface area contributed by atoms with Crippen molar-refractivity contribution in [3.05, 3.63) is 34.5 Å². The van der Waals surface area contributed by atoms with E-state index in [0.29, 0.717) is 11.1 Å². The highest BCUT2D eigenvalue weighted by Crippen LogP contribution is 2.36. The molecule has 1 atom stereocenters. The fourth-order valence-electron chi connectivity index (χ4n) is 2.13. The van der Waals surface area contributed by atoms with E-state index in [2.05, 4.69) is 32.7 Å². The molecule has 0 bridgehead atoms. The monoisotopic (exact) mass is 294 g/mol. The first-order chi connectivity index (χ1) is 9.34. The van der Waals surface area contributed by atoms with E-state index in [1.54, 1.807) is 11.3 Å². The molecule has 1 N–H and O–H groups in total. The molecule has 3 rings (SSSR count). The van der Waals surface area contributed by atoms with E-state index in [1.807, 2.05) is 16.7 Å². The first kappa shape index (κ1) is 12.7. The molecule has 2 aromatic rings. The highest BCUT2D eigenvalue weighted by molar-refractivity contribution is 7.99. The van der Waals surface area contributed by atoms with Gasteiger partial charge in [-0.05, 0) is 17.9 Å². The van der Waals surface area contributed by atoms with Crippen molar-refractivity contribution in [3.63, 3.8) is 0 Å². The number of aromatic amines is 1. The Bertz CT molecular complexity index is 526. The van der Waals surface area contributed by atoms with Gasteiger partial charge in [-0.25, -0.2) is 4.98 Å². The molecular weight excluding hydrogens is 280 g/mol. The van der Waals surface area contributed by atoms with E-state index < -0.39 is 0 Å². The number of hydrogen-bond donors (Lipinski definition) is 1. The van der Waals surface area contributed by atoms with E-state index in [4.69, 9.17) is 0 Å². The Morgan fingerprint density at radius 3 is 3.16 bits per heavy atom. The van der Waals surface area contributed by atoms with Gasteiger partial charge in [0, 0.05) is 29.0 Å². The van der Waals surface area contributed by atoms with Crippen molar-refractivity contribution in [1.29, 1.82) is 0 Å². The zero-order chi connectivity index (χ0) is 13.1. The molecule has 0 unspecified atom stereocenters. The number of amides is 1. The molecule has 100 valence electrons. The number of H-pyrrole nitrogens is 1. The summed E-state index contributed by atoms with van der Waals surface area (Å²) >= 11 is 3.72. The summed E-state index contributed by atoms with van der Waals surface area (Å²) in [6, 6.07) is 4.26. The lowest BCUT2D eigenvalue weighted by molar-refractivity contribution is 0.0755. The largest absolute Gasteiger partial charge is 0.335 e. The summed E-state index contributed by atoms with van der Waals surface area (Å²) < 4.78 is 0. The third-order valence-electron chi connectivity index (χ3n) is 3.11. The SMILES string of the molecule is O=C(c1ncn[nH]1)N1CCS[C@@H](c2cccs2)CC1. The Balaban J connectivity index is 1.66. The van der Waals surface area contributed by atoms with Crippen molar-refractivity contribution in [1.82, 2.24) is 20.1 Å². The van der Waals surface area contributed by atoms with E-state index >= 15 is 0 Å². The summed E-state index contributed by atoms with van der Waals surface area (Å²) in [6.07, 6.45) is 2.36. The van der Waals surface area contributed by atoms with Crippen molar-refractivity contribution < 1.29 is 4.79 Å². The van der Waals surface area contributed by atoms with Gasteiger partial charge in [0.05, 0.1) is 0 Å². The first-order valence-corrected chi connectivity index (χ1v) is 8.07. The number of aromatic nitrogens is 3. The first-order valence-electron chi connectivity index (χ1n) is 6.14. The average Bonchev–Trinajstić information content (AvgIpc) is 3.08. The number of thioether (sulfide) groups is 1. The molecule has 1 saturated heterocycles. The molecule has 1 fully saturated rings. The molecule has 0 aliphatic carbocycles. The van der Waals surface area contributed by atoms with Crippen LogP contribution in [0.3, 0.4) is 0 Å². The lowest BCUT2D eigenvalue weighted by Crippen LogP contribution is -2.33. The normalized spacial score (nSPS) is 20.2. The molecule has 1 aliphatic heterocycles. The van der Waals surface area contributed by atoms with Crippen LogP contribution in [-0.2, 0) is 0 Å². The second-order valence-corrected chi connectivity index (χ2v) is 6.58. The van der Waals surface area contributed by atoms with Crippen molar-refractivity contribution in [2.75, 3.05) is 18.8 Å². The van der Waals surface area contributed by atoms with E-state index in [9.17, 15) is 4.79 Å². The molecule has 1 aliphatic rings. The summed E-state index contributed by atoms with van der Waals surface area (Å²) in [5, 5.41) is 8.98. The lowest BCUT2D eigenvalue weighted by Gasteiger charge is -2.18. The minimum absolute atomic E-state index is 0.0510. The fraction of sp³-hybridized carbons (Fsp3) is 0.417. The minimum Gasteiger partial charge on any atom is -0.335 e. The summed E-state index contributed by atoms with van der Waals surface area (Å²) in [4.78, 5) is 19.4. The van der Waals surface area contributed by atoms with Crippen molar-refractivity contribution in [2.24, 2.45) is 0 Å². The molecule has 3 heterocycles. The quantitative estimate of drug-likeness (QED) is 0.922. The second-order valence-electron chi connectivity index (χ2n) is 4.29. The van der Waals surface area contributed by atoms with Crippen LogP contribution in [0.25, 0.3) is 0 Å². The number of thiophene rings is 1. The molecule has 0 saturated carbocycles. The number of carbonyl (C=O) groups is 1. The molecule has 19 heavy (non-hydrogen) atoms. The molecule has 1 amide bonds. The molecule has 0 spiro atoms. The van der Waals surface area contributed by atoms with Crippen LogP contribution in [0, 0.1) is 0 Å². The zero-order valence-corrected chi connectivity index (χ0v) is 11.9. The van der Waals surface area contributed by atoms with Gasteiger partial charge in [0.1, 0.15) is 6.33 Å². The Labute approximate surface area is 119 Å². The Hall–Kier alpha value is -1.34. The van der Waals surface area contributed by atoms with Gasteiger partial charge in [0.15, 0.2) is 0 Å². The molecule has 0 radical (unpaired) electrons. The summed E-state index contributed by atoms with van der Waals surface area (Å²) in [6.45, 7) is 1.54. The van der Waals surface area contributed by atoms with E-state index in [-0.39, 0.29) is 5.91 Å². The van der Waals surface area contributed by atoms with Gasteiger partial charge in [-0.15, -0.1) is 11.3 Å². The lowest BCUT2D eigenvalue weighted by atomic mass is 10.2. The van der Waals surface area contributed by atoms with Gasteiger partial charge >= 0.3 is 0 Å². The summed E-state index contributed by atoms with van der Waals surface area (Å²) in [5.74, 6) is 1.24. The highest BCUT2D eigenvalue weighted by atomic mass is 32.2. The summed E-state index contributed by atoms with van der Waals surface area (Å²) in [7, 11) is 0. The zero-order valence-electron chi connectivity index (χ0n) is 10.3. The smallest absolute Gasteiger partial charge is 0.291 e. The van der Waals surface area contributed by atoms with Gasteiger partial charge in [-0.2, -0.15) is 16.9 Å². The van der Waals surface area contributed by atoms with Crippen LogP contribution in [0.1, 0.15) is 27.2 Å². The fourth-order valence-corrected chi connectivity index (χ4v) is 4.37. The summed E-state index contributed by atoms with van der Waals surface area (Å²) in [5.41, 5.74) is 0. The van der Waals surface area contributed by atoms with Crippen LogP contribution in [0.5, 0.6) is 0 Å². The molecule has 2 aromatic heterocycles. The number of nitrogens with zero attached hydrogens (tertiary/aromatic N) is 3. The molecule has 5 nitrogen and oxygen atoms in total. The Morgan fingerprint density at radius 2 is 2.42 bits per heavy atom. The van der Waals surface area contributed by atoms with Gasteiger partial charge in [-0.1, -0.05) is 6.07 Å². The molecule has 0 aromatic carbocycles. The predicted octanol–water partition coefficient (Wildman–Crippen LogP) is 2.19. The maximum Gasteiger partial charge on any atom is 0.291 e. The number of nitrogens with one attached hydrogen (secondary N) is 1. The van der Waals surface area contributed by atoms with Gasteiger partial charge in [-0.3, -0.25) is 9.89 Å². The standard InChI is InChI=1S/C12H14N4OS2/c17-12(11-13-8-14-15-11)16-4-3-10(19-7-5-16)9-2-1-6-18-9/h1-2,6,8,10H,3-5,7H2,(H,13,14,15)/t10-/m1/s1. The van der Waals surface area contributed by atoms with Crippen LogP contribution >= 0.6 is 23.1 Å². The third kappa shape index (κ3) is 2.82. The topological polar surface area (TPSA) is 61.9 Å². The van der Waals surface area contributed by atoms with Gasteiger partial charge < -0.3 is 4.90 Å². The minimum atomic E-state index is -0.0510. The van der Waals surface area contributed by atoms with E-state index in [0.717, 1.165) is 25.3 Å². The third-order valence-corrected chi connectivity index (χ3v) is 5.55. The Morgan fingerprint density at radius 1 is 1.47 bits per heavy atom. The number of hydrogen-bond acceptors (Lipinski definition) is 5. The maximum absolute atomic E-state index is 12.2. The van der Waals surface area contributed by atoms with Crippen LogP contribution in [0.2, 0.25) is 0 Å². The van der Waals surface area contributed by atoms with Crippen molar-refractivity contribution in [3.8, 4) is 0 Å². The predicted molar refractivity (Wildman–Crippen MR) is 76.4 cm³/mol. The average molecular weight is 294 g/mol. The Kier molecular flexibility index (Phi) is 3.84. The highest BCUT2D eigenvalue weighted by Gasteiger charge is 2.24. The number of carbonyl (C=O) groups excluding carboxylic acids is 1. The number of rotatable bonds is 2. The van der Waals surface area contributed by atoms with Crippen LogP contribution in [-0.4, -0.2) is 44.8 Å². The maximum atomic E-state index is 12.2. The van der Waals surface area contributed by atoms with Crippen molar-refractivity contribution in [2.45, 2.75) is 11.7 Å².